The third-order valence-corrected chi connectivity index (χ3v) is 2.08. The van der Waals surface area contributed by atoms with E-state index < -0.39 is 0 Å². The molecule has 0 saturated carbocycles. The van der Waals surface area contributed by atoms with Gasteiger partial charge in [0.05, 0.1) is 0 Å². The van der Waals surface area contributed by atoms with Crippen molar-refractivity contribution in [3.63, 3.8) is 0 Å². The zero-order chi connectivity index (χ0) is 9.14. The third-order valence-electron chi connectivity index (χ3n) is 2.08. The van der Waals surface area contributed by atoms with Crippen LogP contribution in [-0.2, 0) is 4.84 Å². The lowest BCUT2D eigenvalue weighted by atomic mass is 9.89. The molecule has 1 aliphatic carbocycles. The first-order chi connectivity index (χ1) is 5.66. The smallest absolute Gasteiger partial charge is 0.131 e. The van der Waals surface area contributed by atoms with Gasteiger partial charge in [0.1, 0.15) is 5.76 Å². The molecule has 2 nitrogen and oxygen atoms in total. The number of hydrogen-bond donors (Lipinski definition) is 1. The second-order valence-electron chi connectivity index (χ2n) is 3.15. The van der Waals surface area contributed by atoms with E-state index in [1.54, 1.807) is 0 Å². The van der Waals surface area contributed by atoms with Crippen LogP contribution >= 0.6 is 0 Å². The molecule has 2 N–H and O–H groups in total. The van der Waals surface area contributed by atoms with Crippen LogP contribution in [0, 0.1) is 0 Å². The lowest BCUT2D eigenvalue weighted by Crippen LogP contribution is -2.09. The summed E-state index contributed by atoms with van der Waals surface area (Å²) in [7, 11) is 0. The van der Waals surface area contributed by atoms with Gasteiger partial charge in [-0.2, -0.15) is 5.90 Å². The van der Waals surface area contributed by atoms with Crippen LogP contribution in [0.3, 0.4) is 0 Å². The molecule has 1 rings (SSSR count). The van der Waals surface area contributed by atoms with Crippen molar-refractivity contribution < 1.29 is 4.84 Å². The number of hydrogen-bond acceptors (Lipinski definition) is 2. The van der Waals surface area contributed by atoms with E-state index in [4.69, 9.17) is 10.7 Å². The van der Waals surface area contributed by atoms with Gasteiger partial charge < -0.3 is 4.84 Å². The van der Waals surface area contributed by atoms with Crippen molar-refractivity contribution in [2.24, 2.45) is 5.90 Å². The summed E-state index contributed by atoms with van der Waals surface area (Å²) in [4.78, 5) is 4.79. The van der Waals surface area contributed by atoms with E-state index in [2.05, 4.69) is 13.2 Å². The van der Waals surface area contributed by atoms with Crippen molar-refractivity contribution in [2.75, 3.05) is 0 Å². The Labute approximate surface area is 73.4 Å². The minimum atomic E-state index is 0.832. The maximum Gasteiger partial charge on any atom is 0.131 e. The Bertz CT molecular complexity index is 251. The molecule has 0 aromatic heterocycles. The van der Waals surface area contributed by atoms with E-state index in [0.29, 0.717) is 0 Å². The maximum atomic E-state index is 5.15. The van der Waals surface area contributed by atoms with Crippen molar-refractivity contribution in [1.29, 1.82) is 0 Å². The highest BCUT2D eigenvalue weighted by molar-refractivity contribution is 5.46. The van der Waals surface area contributed by atoms with Crippen molar-refractivity contribution in [3.05, 3.63) is 35.6 Å². The molecule has 0 bridgehead atoms. The summed E-state index contributed by atoms with van der Waals surface area (Å²) in [5.41, 5.74) is 3.11. The monoisotopic (exact) mass is 165 g/mol. The predicted octanol–water partition coefficient (Wildman–Crippen LogP) is 2.45. The molecule has 0 fully saturated rings. The van der Waals surface area contributed by atoms with Crippen LogP contribution in [0.2, 0.25) is 0 Å². The van der Waals surface area contributed by atoms with E-state index in [1.165, 1.54) is 0 Å². The van der Waals surface area contributed by atoms with Gasteiger partial charge in [0, 0.05) is 12.0 Å². The molecule has 0 atom stereocenters. The molecule has 0 aromatic rings. The lowest BCUT2D eigenvalue weighted by molar-refractivity contribution is 0.202. The molecule has 0 aromatic carbocycles. The van der Waals surface area contributed by atoms with Crippen molar-refractivity contribution in [3.8, 4) is 0 Å². The Balaban J connectivity index is 3.03. The summed E-state index contributed by atoms with van der Waals surface area (Å²) >= 11 is 0. The van der Waals surface area contributed by atoms with Gasteiger partial charge >= 0.3 is 0 Å². The van der Waals surface area contributed by atoms with Crippen LogP contribution in [0.15, 0.2) is 35.6 Å². The van der Waals surface area contributed by atoms with E-state index in [0.717, 1.165) is 41.7 Å². The van der Waals surface area contributed by atoms with Crippen LogP contribution in [0.25, 0.3) is 0 Å². The Morgan fingerprint density at radius 2 is 2.17 bits per heavy atom. The van der Waals surface area contributed by atoms with Gasteiger partial charge in [-0.25, -0.2) is 0 Å². The molecule has 2 heteroatoms. The van der Waals surface area contributed by atoms with Crippen LogP contribution in [0.4, 0.5) is 0 Å². The quantitative estimate of drug-likeness (QED) is 0.638. The van der Waals surface area contributed by atoms with E-state index in [1.807, 2.05) is 6.92 Å². The molecule has 1 aliphatic rings. The van der Waals surface area contributed by atoms with Crippen LogP contribution in [0.5, 0.6) is 0 Å². The minimum absolute atomic E-state index is 0.832. The molecule has 0 unspecified atom stereocenters. The minimum Gasteiger partial charge on any atom is -0.415 e. The molecular formula is C10H15NO. The summed E-state index contributed by atoms with van der Waals surface area (Å²) in [6.07, 6.45) is 2.99. The third kappa shape index (κ3) is 1.59. The summed E-state index contributed by atoms with van der Waals surface area (Å²) < 4.78 is 0. The zero-order valence-corrected chi connectivity index (χ0v) is 7.52. The molecule has 0 radical (unpaired) electrons. The molecule has 0 saturated heterocycles. The Kier molecular flexibility index (Phi) is 2.71. The van der Waals surface area contributed by atoms with Crippen molar-refractivity contribution in [2.45, 2.75) is 26.2 Å². The largest absolute Gasteiger partial charge is 0.415 e. The summed E-state index contributed by atoms with van der Waals surface area (Å²) in [6, 6.07) is 0. The van der Waals surface area contributed by atoms with Gasteiger partial charge in [-0.3, -0.25) is 0 Å². The van der Waals surface area contributed by atoms with Crippen LogP contribution < -0.4 is 5.90 Å². The molecule has 0 spiro atoms. The van der Waals surface area contributed by atoms with E-state index in [-0.39, 0.29) is 0 Å². The standard InChI is InChI=1S/C10H15NO/c1-7(2)10-8(3)5-4-6-9(10)12-11/h1,3-6,11H2,2H3. The van der Waals surface area contributed by atoms with Crippen LogP contribution in [-0.4, -0.2) is 0 Å². The molecule has 12 heavy (non-hydrogen) atoms. The maximum absolute atomic E-state index is 5.15. The summed E-state index contributed by atoms with van der Waals surface area (Å²) in [5.74, 6) is 5.99. The van der Waals surface area contributed by atoms with Crippen molar-refractivity contribution in [1.82, 2.24) is 0 Å². The SMILES string of the molecule is C=C(C)C1=C(ON)CCCC1=C. The fraction of sp³-hybridized carbons (Fsp3) is 0.400. The Hall–Kier alpha value is -1.02. The average molecular weight is 165 g/mol. The Morgan fingerprint density at radius 1 is 1.50 bits per heavy atom. The fourth-order valence-electron chi connectivity index (χ4n) is 1.57. The topological polar surface area (TPSA) is 35.2 Å². The first-order valence-corrected chi connectivity index (χ1v) is 4.10. The molecular weight excluding hydrogens is 150 g/mol. The zero-order valence-electron chi connectivity index (χ0n) is 7.52. The normalized spacial score (nSPS) is 18.0. The average Bonchev–Trinajstić information content (AvgIpc) is 2.03. The first kappa shape index (κ1) is 9.07. The molecule has 66 valence electrons. The predicted molar refractivity (Wildman–Crippen MR) is 50.1 cm³/mol. The lowest BCUT2D eigenvalue weighted by Gasteiger charge is -2.20. The molecule has 0 amide bonds. The van der Waals surface area contributed by atoms with Gasteiger partial charge in [0.25, 0.3) is 0 Å². The molecule has 0 heterocycles. The van der Waals surface area contributed by atoms with Gasteiger partial charge in [0.15, 0.2) is 0 Å². The van der Waals surface area contributed by atoms with E-state index in [9.17, 15) is 0 Å². The summed E-state index contributed by atoms with van der Waals surface area (Å²) in [6.45, 7) is 9.78. The fourth-order valence-corrected chi connectivity index (χ4v) is 1.57. The molecule has 0 aliphatic heterocycles. The van der Waals surface area contributed by atoms with E-state index >= 15 is 0 Å². The number of allylic oxidation sites excluding steroid dienone is 4. The first-order valence-electron chi connectivity index (χ1n) is 4.10. The number of nitrogens with two attached hydrogens (primary N) is 1. The second kappa shape index (κ2) is 3.59. The Morgan fingerprint density at radius 3 is 2.58 bits per heavy atom. The summed E-state index contributed by atoms with van der Waals surface area (Å²) in [5, 5.41) is 0. The van der Waals surface area contributed by atoms with Crippen molar-refractivity contribution >= 4 is 0 Å². The van der Waals surface area contributed by atoms with Gasteiger partial charge in [-0.1, -0.05) is 13.2 Å². The highest BCUT2D eigenvalue weighted by atomic mass is 16.6. The van der Waals surface area contributed by atoms with Crippen LogP contribution in [0.1, 0.15) is 26.2 Å². The second-order valence-corrected chi connectivity index (χ2v) is 3.15. The van der Waals surface area contributed by atoms with Gasteiger partial charge in [0.2, 0.25) is 0 Å². The highest BCUT2D eigenvalue weighted by Gasteiger charge is 2.17. The van der Waals surface area contributed by atoms with Gasteiger partial charge in [-0.05, 0) is 30.9 Å². The highest BCUT2D eigenvalue weighted by Crippen LogP contribution is 2.32. The number of rotatable bonds is 2. The van der Waals surface area contributed by atoms with Gasteiger partial charge in [-0.15, -0.1) is 0 Å².